The van der Waals surface area contributed by atoms with Crippen LogP contribution in [-0.2, 0) is 80.7 Å². The molecule has 0 bridgehead atoms. The van der Waals surface area contributed by atoms with Gasteiger partial charge in [0.25, 0.3) is 0 Å². The maximum absolute atomic E-state index is 14.3. The maximum atomic E-state index is 14.3. The van der Waals surface area contributed by atoms with E-state index in [0.29, 0.717) is 25.7 Å². The van der Waals surface area contributed by atoms with Crippen molar-refractivity contribution in [1.29, 1.82) is 0 Å². The fourth-order valence-electron chi connectivity index (χ4n) is 6.30. The second-order valence-corrected chi connectivity index (χ2v) is 12.7. The van der Waals surface area contributed by atoms with Crippen molar-refractivity contribution in [3.8, 4) is 0 Å². The Hall–Kier alpha value is -2.91. The van der Waals surface area contributed by atoms with Crippen molar-refractivity contribution in [2.75, 3.05) is 20.6 Å². The SMILES string of the molecule is CCC(=O)NC1(C(=O)N[C@H](Cc2ccccc2)C(=O)N[C@@H](CCCN=C(N)N)C(=O)N(C)[C@@H](CC)C(=O)[N-]C)CCc2c(C)cccc2C1.II.N[C-]=O.[Y]. The quantitative estimate of drug-likeness (QED) is 0.0364. The predicted molar refractivity (Wildman–Crippen MR) is 227 cm³/mol. The molecular formula is C37H53I2N9O6Y-2. The molecule has 18 heteroatoms. The largest absolute Gasteiger partial charge is 0.654 e. The van der Waals surface area contributed by atoms with E-state index in [-0.39, 0.29) is 76.8 Å². The van der Waals surface area contributed by atoms with Crippen molar-refractivity contribution in [2.45, 2.75) is 95.8 Å². The number of carbonyl (C=O) groups is 5. The molecule has 15 nitrogen and oxygen atoms in total. The van der Waals surface area contributed by atoms with Gasteiger partial charge in [-0.25, -0.2) is 0 Å². The Morgan fingerprint density at radius 2 is 1.65 bits per heavy atom. The summed E-state index contributed by atoms with van der Waals surface area (Å²) in [6, 6.07) is 12.2. The Morgan fingerprint density at radius 1 is 1.02 bits per heavy atom. The zero-order chi connectivity index (χ0) is 40.8. The van der Waals surface area contributed by atoms with E-state index >= 15 is 0 Å². The van der Waals surface area contributed by atoms with E-state index in [1.165, 1.54) is 19.0 Å². The second-order valence-electron chi connectivity index (χ2n) is 12.7. The van der Waals surface area contributed by atoms with Crippen LogP contribution in [0.1, 0.15) is 68.2 Å². The van der Waals surface area contributed by atoms with Crippen molar-refractivity contribution in [3.63, 3.8) is 0 Å². The van der Waals surface area contributed by atoms with Gasteiger partial charge >= 0.3 is 0 Å². The first-order valence-electron chi connectivity index (χ1n) is 17.5. The number of nitrogens with zero attached hydrogens (tertiary/aromatic N) is 3. The number of halogens is 2. The minimum Gasteiger partial charge on any atom is -0.654 e. The van der Waals surface area contributed by atoms with Gasteiger partial charge in [-0.3, -0.25) is 24.2 Å². The Bertz CT molecular complexity index is 1580. The number of fused-ring (bicyclic) bond motifs is 1. The van der Waals surface area contributed by atoms with E-state index in [4.69, 9.17) is 16.3 Å². The van der Waals surface area contributed by atoms with E-state index < -0.39 is 47.3 Å². The molecule has 1 aliphatic carbocycles. The van der Waals surface area contributed by atoms with Gasteiger partial charge in [0.05, 0.1) is 11.9 Å². The van der Waals surface area contributed by atoms with Crippen molar-refractivity contribution in [3.05, 3.63) is 76.1 Å². The summed E-state index contributed by atoms with van der Waals surface area (Å²) in [4.78, 5) is 81.4. The molecule has 3 rings (SSSR count). The molecule has 4 atom stereocenters. The van der Waals surface area contributed by atoms with Crippen LogP contribution >= 0.6 is 37.2 Å². The normalized spacial score (nSPS) is 15.4. The number of hydrogen-bond donors (Lipinski definition) is 6. The zero-order valence-electron chi connectivity index (χ0n) is 32.1. The Morgan fingerprint density at radius 3 is 2.22 bits per heavy atom. The average molecular weight is 1060 g/mol. The summed E-state index contributed by atoms with van der Waals surface area (Å²) in [6.07, 6.45) is 3.36. The summed E-state index contributed by atoms with van der Waals surface area (Å²) in [6.45, 7) is 5.74. The number of primary amides is 1. The van der Waals surface area contributed by atoms with Gasteiger partial charge in [-0.2, -0.15) is 6.41 Å². The molecule has 0 aliphatic heterocycles. The first kappa shape index (κ1) is 52.1. The fourth-order valence-corrected chi connectivity index (χ4v) is 6.30. The van der Waals surface area contributed by atoms with Crippen LogP contribution in [0.25, 0.3) is 5.32 Å². The smallest absolute Gasteiger partial charge is 0.246 e. The van der Waals surface area contributed by atoms with E-state index in [9.17, 15) is 24.0 Å². The van der Waals surface area contributed by atoms with Crippen molar-refractivity contribution in [2.24, 2.45) is 22.2 Å². The molecule has 1 aliphatic rings. The van der Waals surface area contributed by atoms with E-state index in [0.717, 1.165) is 28.7 Å². The van der Waals surface area contributed by atoms with Crippen LogP contribution in [0, 0.1) is 6.92 Å². The monoisotopic (exact) mass is 1060 g/mol. The number of aryl methyl sites for hydroxylation is 1. The summed E-state index contributed by atoms with van der Waals surface area (Å²) in [5.74, 6) is -2.38. The minimum absolute atomic E-state index is 0. The molecule has 55 heavy (non-hydrogen) atoms. The molecule has 2 aromatic carbocycles. The number of benzene rings is 2. The summed E-state index contributed by atoms with van der Waals surface area (Å²) in [5, 5.41) is 12.5. The number of guanidine groups is 1. The Balaban J connectivity index is 0.00000462. The summed E-state index contributed by atoms with van der Waals surface area (Å²) in [7, 11) is 2.87. The van der Waals surface area contributed by atoms with Gasteiger partial charge in [0.1, 0.15) is 17.6 Å². The third kappa shape index (κ3) is 16.6. The van der Waals surface area contributed by atoms with Gasteiger partial charge in [-0.05, 0) is 61.3 Å². The number of hydrogen-bond acceptors (Lipinski definition) is 7. The fraction of sp³-hybridized carbons (Fsp3) is 0.486. The number of nitrogens with two attached hydrogens (primary N) is 3. The molecular weight excluding hydrogens is 1010 g/mol. The van der Waals surface area contributed by atoms with E-state index in [1.54, 1.807) is 13.8 Å². The van der Waals surface area contributed by atoms with Crippen molar-refractivity contribution < 1.29 is 61.5 Å². The van der Waals surface area contributed by atoms with E-state index in [2.05, 4.69) is 69.2 Å². The molecule has 6 amide bonds. The minimum atomic E-state index is -1.28. The van der Waals surface area contributed by atoms with Gasteiger partial charge in [-0.15, -0.1) is 7.05 Å². The number of amides is 6. The summed E-state index contributed by atoms with van der Waals surface area (Å²) >= 11 is 4.24. The first-order valence-corrected chi connectivity index (χ1v) is 23.8. The van der Waals surface area contributed by atoms with Crippen molar-refractivity contribution in [1.82, 2.24) is 20.9 Å². The van der Waals surface area contributed by atoms with Crippen molar-refractivity contribution >= 4 is 79.1 Å². The molecule has 0 spiro atoms. The molecule has 1 radical (unpaired) electrons. The van der Waals surface area contributed by atoms with E-state index in [1.807, 2.05) is 55.5 Å². The van der Waals surface area contributed by atoms with Gasteiger partial charge in [-0.1, -0.05) is 62.4 Å². The number of aliphatic imine (C=N–C) groups is 1. The van der Waals surface area contributed by atoms with Crippen LogP contribution in [0.3, 0.4) is 0 Å². The summed E-state index contributed by atoms with van der Waals surface area (Å²) < 4.78 is 0. The molecule has 0 fully saturated rings. The number of carbonyl (C=O) groups excluding carboxylic acids is 6. The Kier molecular flexibility index (Phi) is 26.2. The molecule has 0 saturated carbocycles. The first-order chi connectivity index (χ1) is 25.8. The Labute approximate surface area is 372 Å². The molecule has 9 N–H and O–H groups in total. The summed E-state index contributed by atoms with van der Waals surface area (Å²) in [5.41, 5.74) is 17.7. The van der Waals surface area contributed by atoms with Crippen LogP contribution in [0.5, 0.6) is 0 Å². The van der Waals surface area contributed by atoms with Crippen LogP contribution in [-0.4, -0.2) is 91.1 Å². The second kappa shape index (κ2) is 27.7. The standard InChI is InChI=1S/C36H52N8O5.CH2NO.I2.Y/c1-6-29(32(47)39-4)44(5)33(48)27(17-12-20-40-35(37)38)41-31(46)28(21-24-14-9-8-10-15-24)42-34(49)36(43-30(45)7-2)19-18-26-23(3)13-11-16-25(26)22-36;2-1-3;1-2;/h8-11,13-16,27-29H,6-7,12,17-22H2,1-5H3,(H8,37,38,39,40,41,42,43,45,46,47,49);(H2,2,3);;/q;-1;;/p-1/t27-,28+,29-,36?;;;/m0.../s1. The molecule has 0 aromatic heterocycles. The molecule has 301 valence electrons. The average Bonchev–Trinajstić information content (AvgIpc) is 3.16. The van der Waals surface area contributed by atoms with Crippen LogP contribution in [0.4, 0.5) is 0 Å². The van der Waals surface area contributed by atoms with Gasteiger partial charge in [0, 0.05) is 103 Å². The number of likely N-dealkylation sites (N-methyl/N-ethyl adjacent to an activating group) is 2. The third-order valence-corrected chi connectivity index (χ3v) is 9.11. The topological polar surface area (TPSA) is 246 Å². The number of nitrogens with one attached hydrogen (secondary N) is 3. The predicted octanol–water partition coefficient (Wildman–Crippen LogP) is 2.56. The van der Waals surface area contributed by atoms with Gasteiger partial charge < -0.3 is 53.0 Å². The van der Waals surface area contributed by atoms with Crippen LogP contribution < -0.4 is 33.2 Å². The molecule has 1 unspecified atom stereocenters. The molecule has 0 heterocycles. The third-order valence-electron chi connectivity index (χ3n) is 9.11. The molecule has 2 aromatic rings. The van der Waals surface area contributed by atoms with Crippen LogP contribution in [0.15, 0.2) is 53.5 Å². The molecule has 0 saturated heterocycles. The maximum Gasteiger partial charge on any atom is 0.246 e. The van der Waals surface area contributed by atoms with Gasteiger partial charge in [0.2, 0.25) is 23.6 Å². The van der Waals surface area contributed by atoms with Crippen LogP contribution in [0.2, 0.25) is 0 Å². The van der Waals surface area contributed by atoms with Gasteiger partial charge in [0.15, 0.2) is 5.96 Å². The number of rotatable bonds is 16. The zero-order valence-corrected chi connectivity index (χ0v) is 39.2.